The van der Waals surface area contributed by atoms with Crippen molar-refractivity contribution in [3.05, 3.63) is 60.8 Å². The summed E-state index contributed by atoms with van der Waals surface area (Å²) in [4.78, 5) is 21.1. The zero-order valence-corrected chi connectivity index (χ0v) is 32.2. The SMILES string of the molecule is O=C(O)CCCCCCC/C=C\C/C=C\C/C=C\CCC[C@@H](CC/C=C\C/C=C\CCCCCCCCC(=O)O)CO[C@@H]1O[C@H](CO)[C@H](O)[C@H](O)[C@H]1O. The van der Waals surface area contributed by atoms with Gasteiger partial charge in [-0.15, -0.1) is 0 Å². The highest BCUT2D eigenvalue weighted by Crippen LogP contribution is 2.24. The van der Waals surface area contributed by atoms with Gasteiger partial charge in [-0.05, 0) is 95.8 Å². The van der Waals surface area contributed by atoms with Gasteiger partial charge in [0.15, 0.2) is 6.29 Å². The van der Waals surface area contributed by atoms with Crippen molar-refractivity contribution in [2.24, 2.45) is 5.92 Å². The number of aliphatic hydroxyl groups is 4. The van der Waals surface area contributed by atoms with Crippen LogP contribution >= 0.6 is 0 Å². The molecule has 10 nitrogen and oxygen atoms in total. The number of rotatable bonds is 34. The summed E-state index contributed by atoms with van der Waals surface area (Å²) in [6.45, 7) is -0.148. The van der Waals surface area contributed by atoms with Gasteiger partial charge in [-0.2, -0.15) is 0 Å². The van der Waals surface area contributed by atoms with E-state index in [2.05, 4.69) is 60.8 Å². The van der Waals surface area contributed by atoms with Gasteiger partial charge in [-0.25, -0.2) is 0 Å². The van der Waals surface area contributed by atoms with Gasteiger partial charge in [-0.1, -0.05) is 106 Å². The molecule has 6 atom stereocenters. The minimum atomic E-state index is -1.45. The molecule has 1 aliphatic rings. The van der Waals surface area contributed by atoms with E-state index in [-0.39, 0.29) is 18.8 Å². The fourth-order valence-electron chi connectivity index (χ4n) is 6.20. The second kappa shape index (κ2) is 33.9. The Balaban J connectivity index is 2.35. The number of unbranched alkanes of at least 4 members (excludes halogenated alkanes) is 12. The molecule has 0 aromatic rings. The third-order valence-corrected chi connectivity index (χ3v) is 9.49. The van der Waals surface area contributed by atoms with Crippen molar-refractivity contribution in [2.45, 2.75) is 178 Å². The van der Waals surface area contributed by atoms with Gasteiger partial charge in [0.25, 0.3) is 0 Å². The lowest BCUT2D eigenvalue weighted by Gasteiger charge is -2.40. The molecule has 1 fully saturated rings. The van der Waals surface area contributed by atoms with E-state index in [1.165, 1.54) is 6.42 Å². The lowest BCUT2D eigenvalue weighted by atomic mass is 9.96. The summed E-state index contributed by atoms with van der Waals surface area (Å²) in [7, 11) is 0. The smallest absolute Gasteiger partial charge is 0.303 e. The highest BCUT2D eigenvalue weighted by atomic mass is 16.7. The van der Waals surface area contributed by atoms with Gasteiger partial charge in [0.2, 0.25) is 0 Å². The van der Waals surface area contributed by atoms with Gasteiger partial charge in [0.05, 0.1) is 13.2 Å². The van der Waals surface area contributed by atoms with E-state index in [9.17, 15) is 30.0 Å². The van der Waals surface area contributed by atoms with Crippen LogP contribution in [0.2, 0.25) is 0 Å². The van der Waals surface area contributed by atoms with Gasteiger partial charge in [0, 0.05) is 12.8 Å². The van der Waals surface area contributed by atoms with Crippen LogP contribution < -0.4 is 0 Å². The maximum Gasteiger partial charge on any atom is 0.303 e. The van der Waals surface area contributed by atoms with E-state index in [1.807, 2.05) is 0 Å². The molecule has 0 aromatic carbocycles. The first-order valence-electron chi connectivity index (χ1n) is 20.4. The molecule has 1 heterocycles. The van der Waals surface area contributed by atoms with Crippen molar-refractivity contribution in [3.63, 3.8) is 0 Å². The quantitative estimate of drug-likeness (QED) is 0.0277. The van der Waals surface area contributed by atoms with Crippen molar-refractivity contribution < 1.29 is 49.7 Å². The predicted molar refractivity (Wildman–Crippen MR) is 210 cm³/mol. The van der Waals surface area contributed by atoms with Crippen LogP contribution in [0.15, 0.2) is 60.8 Å². The standard InChI is InChI=1S/C43H72O10/c44-34-37-40(49)41(50)42(51)43(53-37)52-35-36(31-27-23-19-15-11-7-5-9-13-17-21-25-29-33-39(47)48)30-26-22-18-14-10-6-3-1-2-4-8-12-16-20-24-28-32-38(45)46/h2-4,6-7,11,14,18-19,23,36-37,40-44,49-51H,1,5,8-10,12-13,15-17,20-22,24-35H2,(H,45,46)(H,47,48)/b4-2-,6-3-,11-7-,18-14-,23-19-/t36-,37+,40-,41-,42+,43+/m0/s1. The van der Waals surface area contributed by atoms with E-state index in [4.69, 9.17) is 19.7 Å². The number of carbonyl (C=O) groups is 2. The van der Waals surface area contributed by atoms with Crippen molar-refractivity contribution in [2.75, 3.05) is 13.2 Å². The van der Waals surface area contributed by atoms with Gasteiger partial charge < -0.3 is 40.1 Å². The van der Waals surface area contributed by atoms with Crippen LogP contribution in [0, 0.1) is 5.92 Å². The maximum atomic E-state index is 10.6. The first kappa shape index (κ1) is 48.4. The fourth-order valence-corrected chi connectivity index (χ4v) is 6.20. The highest BCUT2D eigenvalue weighted by molar-refractivity contribution is 5.66. The van der Waals surface area contributed by atoms with Crippen molar-refractivity contribution in [3.8, 4) is 0 Å². The molecule has 1 saturated heterocycles. The topological polar surface area (TPSA) is 174 Å². The minimum absolute atomic E-state index is 0.212. The molecule has 0 spiro atoms. The van der Waals surface area contributed by atoms with Crippen molar-refractivity contribution in [1.29, 1.82) is 0 Å². The van der Waals surface area contributed by atoms with Crippen LogP contribution in [0.1, 0.15) is 148 Å². The molecular weight excluding hydrogens is 676 g/mol. The lowest BCUT2D eigenvalue weighted by molar-refractivity contribution is -0.303. The van der Waals surface area contributed by atoms with Gasteiger partial charge >= 0.3 is 11.9 Å². The number of carboxylic acids is 2. The Kier molecular flexibility index (Phi) is 31.0. The molecule has 0 aliphatic carbocycles. The molecular formula is C43H72O10. The van der Waals surface area contributed by atoms with E-state index < -0.39 is 49.3 Å². The number of hydrogen-bond acceptors (Lipinski definition) is 8. The van der Waals surface area contributed by atoms with Crippen LogP contribution in [0.5, 0.6) is 0 Å². The average molecular weight is 749 g/mol. The molecule has 0 saturated carbocycles. The maximum absolute atomic E-state index is 10.6. The highest BCUT2D eigenvalue weighted by Gasteiger charge is 2.44. The number of allylic oxidation sites excluding steroid dienone is 10. The van der Waals surface area contributed by atoms with Crippen LogP contribution in [0.25, 0.3) is 0 Å². The lowest BCUT2D eigenvalue weighted by Crippen LogP contribution is -2.59. The zero-order chi connectivity index (χ0) is 38.8. The summed E-state index contributed by atoms with van der Waals surface area (Å²) in [6, 6.07) is 0. The van der Waals surface area contributed by atoms with E-state index in [0.717, 1.165) is 128 Å². The van der Waals surface area contributed by atoms with Gasteiger partial charge in [-0.3, -0.25) is 9.59 Å². The Hall–Kier alpha value is -2.60. The summed E-state index contributed by atoms with van der Waals surface area (Å²) in [5, 5.41) is 57.5. The monoisotopic (exact) mass is 749 g/mol. The summed E-state index contributed by atoms with van der Waals surface area (Å²) in [6.07, 6.45) is 37.2. The molecule has 0 amide bonds. The molecule has 10 heteroatoms. The largest absolute Gasteiger partial charge is 0.481 e. The molecule has 0 aromatic heterocycles. The molecule has 53 heavy (non-hydrogen) atoms. The summed E-state index contributed by atoms with van der Waals surface area (Å²) >= 11 is 0. The second-order valence-corrected chi connectivity index (χ2v) is 14.2. The Bertz CT molecular complexity index is 1050. The van der Waals surface area contributed by atoms with Crippen LogP contribution in [0.4, 0.5) is 0 Å². The number of hydrogen-bond donors (Lipinski definition) is 6. The fraction of sp³-hybridized carbons (Fsp3) is 0.721. The van der Waals surface area contributed by atoms with Crippen LogP contribution in [-0.4, -0.2) is 86.5 Å². The first-order valence-corrected chi connectivity index (χ1v) is 20.4. The third-order valence-electron chi connectivity index (χ3n) is 9.49. The second-order valence-electron chi connectivity index (χ2n) is 14.2. The van der Waals surface area contributed by atoms with Gasteiger partial charge in [0.1, 0.15) is 24.4 Å². The molecule has 0 radical (unpaired) electrons. The van der Waals surface area contributed by atoms with Crippen LogP contribution in [-0.2, 0) is 19.1 Å². The number of ether oxygens (including phenoxy) is 2. The summed E-state index contributed by atoms with van der Waals surface area (Å²) < 4.78 is 11.5. The first-order chi connectivity index (χ1) is 25.8. The molecule has 1 aliphatic heterocycles. The van der Waals surface area contributed by atoms with E-state index >= 15 is 0 Å². The third kappa shape index (κ3) is 27.6. The minimum Gasteiger partial charge on any atom is -0.481 e. The van der Waals surface area contributed by atoms with E-state index in [0.29, 0.717) is 6.61 Å². The number of carboxylic acid groups (broad SMARTS) is 2. The molecule has 304 valence electrons. The number of aliphatic carboxylic acids is 2. The number of aliphatic hydroxyl groups excluding tert-OH is 4. The normalized spacial score (nSPS) is 21.6. The Morgan fingerprint density at radius 2 is 0.962 bits per heavy atom. The zero-order valence-electron chi connectivity index (χ0n) is 32.2. The predicted octanol–water partition coefficient (Wildman–Crippen LogP) is 8.34. The molecule has 0 unspecified atom stereocenters. The van der Waals surface area contributed by atoms with Crippen molar-refractivity contribution >= 4 is 11.9 Å². The Labute approximate surface area is 319 Å². The van der Waals surface area contributed by atoms with Crippen molar-refractivity contribution in [1.82, 2.24) is 0 Å². The molecule has 1 rings (SSSR count). The Morgan fingerprint density at radius 1 is 0.528 bits per heavy atom. The average Bonchev–Trinajstić information content (AvgIpc) is 3.13. The molecule has 6 N–H and O–H groups in total. The summed E-state index contributed by atoms with van der Waals surface area (Å²) in [5.41, 5.74) is 0. The van der Waals surface area contributed by atoms with E-state index in [1.54, 1.807) is 0 Å². The summed E-state index contributed by atoms with van der Waals surface area (Å²) in [5.74, 6) is -1.21. The van der Waals surface area contributed by atoms with Crippen LogP contribution in [0.3, 0.4) is 0 Å². The Morgan fingerprint density at radius 3 is 1.45 bits per heavy atom. The molecule has 0 bridgehead atoms.